The summed E-state index contributed by atoms with van der Waals surface area (Å²) in [5.74, 6) is 1.42. The van der Waals surface area contributed by atoms with Crippen LogP contribution in [0.2, 0.25) is 5.02 Å². The molecule has 0 bridgehead atoms. The molecule has 1 saturated carbocycles. The topological polar surface area (TPSA) is 122 Å². The third-order valence-corrected chi connectivity index (χ3v) is 9.25. The lowest BCUT2D eigenvalue weighted by Gasteiger charge is -2.40. The number of piperidine rings is 1. The first-order chi connectivity index (χ1) is 19.9. The Kier molecular flexibility index (Phi) is 10.4. The number of aromatic nitrogens is 3. The SMILES string of the molecule is COc1cc(N2CCC(N3CCOCC3)CC2)ccc1-c1nc2ncc(Cl)c(N)c2[nH]1.CS(=O)NC1CCCCC1. The van der Waals surface area contributed by atoms with Gasteiger partial charge in [0.25, 0.3) is 0 Å². The lowest BCUT2D eigenvalue weighted by Crippen LogP contribution is -2.49. The number of anilines is 2. The number of morpholine rings is 1. The standard InChI is InChI=1S/C22H27ClN6O2.C7H15NOS/c1-30-18-12-15(28-6-4-14(5-7-28)29-8-10-31-11-9-29)2-3-16(18)21-26-20-19(24)17(23)13-25-22(20)27-21;1-10(9)8-7-5-3-2-4-6-7/h2-3,12-14H,4-11H2,1H3,(H3,24,25,26,27);7-8H,2-6H2,1H3. The number of nitrogens with one attached hydrogen (secondary N) is 2. The summed E-state index contributed by atoms with van der Waals surface area (Å²) in [5.41, 5.74) is 9.73. The number of rotatable bonds is 6. The van der Waals surface area contributed by atoms with Crippen molar-refractivity contribution in [3.8, 4) is 17.1 Å². The summed E-state index contributed by atoms with van der Waals surface area (Å²) >= 11 is 6.09. The lowest BCUT2D eigenvalue weighted by molar-refractivity contribution is 0.0115. The molecule has 1 atom stereocenters. The minimum Gasteiger partial charge on any atom is -0.496 e. The van der Waals surface area contributed by atoms with Gasteiger partial charge < -0.3 is 25.1 Å². The van der Waals surface area contributed by atoms with Crippen LogP contribution in [0.25, 0.3) is 22.6 Å². The molecule has 0 spiro atoms. The molecule has 2 saturated heterocycles. The van der Waals surface area contributed by atoms with Gasteiger partial charge in [-0.05, 0) is 37.8 Å². The van der Waals surface area contributed by atoms with Crippen LogP contribution in [0, 0.1) is 0 Å². The van der Waals surface area contributed by atoms with Gasteiger partial charge in [-0.1, -0.05) is 30.9 Å². The van der Waals surface area contributed by atoms with Crippen LogP contribution < -0.4 is 20.1 Å². The van der Waals surface area contributed by atoms with E-state index >= 15 is 0 Å². The summed E-state index contributed by atoms with van der Waals surface area (Å²) in [4.78, 5) is 17.1. The second-order valence-electron chi connectivity index (χ2n) is 11.0. The Morgan fingerprint density at radius 3 is 2.54 bits per heavy atom. The number of halogens is 1. The molecule has 3 aliphatic rings. The molecule has 1 unspecified atom stereocenters. The average Bonchev–Trinajstić information content (AvgIpc) is 3.45. The predicted octanol–water partition coefficient (Wildman–Crippen LogP) is 4.37. The first-order valence-corrected chi connectivity index (χ1v) is 16.5. The van der Waals surface area contributed by atoms with Crippen LogP contribution in [-0.2, 0) is 15.7 Å². The summed E-state index contributed by atoms with van der Waals surface area (Å²) in [6, 6.07) is 7.43. The quantitative estimate of drug-likeness (QED) is 0.380. The predicted molar refractivity (Wildman–Crippen MR) is 167 cm³/mol. The molecule has 3 fully saturated rings. The summed E-state index contributed by atoms with van der Waals surface area (Å²) in [6.07, 6.45) is 11.9. The van der Waals surface area contributed by atoms with Crippen molar-refractivity contribution in [2.45, 2.75) is 57.0 Å². The molecule has 4 N–H and O–H groups in total. The molecule has 41 heavy (non-hydrogen) atoms. The molecule has 0 amide bonds. The van der Waals surface area contributed by atoms with Gasteiger partial charge >= 0.3 is 0 Å². The number of aromatic amines is 1. The molecule has 224 valence electrons. The number of benzene rings is 1. The zero-order valence-electron chi connectivity index (χ0n) is 24.0. The van der Waals surface area contributed by atoms with Crippen molar-refractivity contribution >= 4 is 45.1 Å². The molecule has 12 heteroatoms. The Morgan fingerprint density at radius 1 is 1.12 bits per heavy atom. The minimum atomic E-state index is -0.813. The highest BCUT2D eigenvalue weighted by atomic mass is 35.5. The van der Waals surface area contributed by atoms with E-state index in [9.17, 15) is 4.21 Å². The number of nitrogens with zero attached hydrogens (tertiary/aromatic N) is 4. The van der Waals surface area contributed by atoms with Crippen LogP contribution in [0.5, 0.6) is 5.75 Å². The van der Waals surface area contributed by atoms with Crippen molar-refractivity contribution in [3.63, 3.8) is 0 Å². The maximum absolute atomic E-state index is 10.7. The smallest absolute Gasteiger partial charge is 0.180 e. The van der Waals surface area contributed by atoms with E-state index in [2.05, 4.69) is 41.6 Å². The molecule has 2 aliphatic heterocycles. The number of methoxy groups -OCH3 is 1. The Morgan fingerprint density at radius 2 is 1.85 bits per heavy atom. The van der Waals surface area contributed by atoms with Crippen LogP contribution >= 0.6 is 11.6 Å². The van der Waals surface area contributed by atoms with Crippen LogP contribution in [0.3, 0.4) is 0 Å². The Bertz CT molecular complexity index is 1320. The number of hydrogen-bond acceptors (Lipinski definition) is 8. The van der Waals surface area contributed by atoms with E-state index in [0.29, 0.717) is 39.8 Å². The fourth-order valence-electron chi connectivity index (χ4n) is 6.04. The number of nitrogen functional groups attached to an aromatic ring is 1. The first-order valence-electron chi connectivity index (χ1n) is 14.6. The van der Waals surface area contributed by atoms with E-state index in [-0.39, 0.29) is 0 Å². The average molecular weight is 604 g/mol. The Balaban J connectivity index is 0.000000287. The van der Waals surface area contributed by atoms with Gasteiger partial charge in [0.15, 0.2) is 5.65 Å². The molecule has 10 nitrogen and oxygen atoms in total. The van der Waals surface area contributed by atoms with Crippen molar-refractivity contribution in [2.24, 2.45) is 0 Å². The third kappa shape index (κ3) is 7.50. The number of hydrogen-bond donors (Lipinski definition) is 3. The lowest BCUT2D eigenvalue weighted by atomic mass is 9.96. The summed E-state index contributed by atoms with van der Waals surface area (Å²) < 4.78 is 25.0. The van der Waals surface area contributed by atoms with Gasteiger partial charge in [0.1, 0.15) is 17.1 Å². The van der Waals surface area contributed by atoms with E-state index in [4.69, 9.17) is 26.8 Å². The molecule has 4 heterocycles. The van der Waals surface area contributed by atoms with Crippen molar-refractivity contribution in [3.05, 3.63) is 29.4 Å². The van der Waals surface area contributed by atoms with Gasteiger partial charge in [-0.2, -0.15) is 0 Å². The van der Waals surface area contributed by atoms with Crippen LogP contribution in [0.1, 0.15) is 44.9 Å². The highest BCUT2D eigenvalue weighted by Gasteiger charge is 2.26. The largest absolute Gasteiger partial charge is 0.496 e. The molecular weight excluding hydrogens is 562 g/mol. The monoisotopic (exact) mass is 603 g/mol. The van der Waals surface area contributed by atoms with Gasteiger partial charge in [0, 0.05) is 56.3 Å². The highest BCUT2D eigenvalue weighted by molar-refractivity contribution is 7.82. The molecule has 1 aliphatic carbocycles. The normalized spacial score (nSPS) is 20.0. The van der Waals surface area contributed by atoms with Gasteiger partial charge in [-0.15, -0.1) is 0 Å². The van der Waals surface area contributed by atoms with Gasteiger partial charge in [0.05, 0.1) is 53.8 Å². The molecule has 6 rings (SSSR count). The second-order valence-corrected chi connectivity index (χ2v) is 12.5. The van der Waals surface area contributed by atoms with Crippen LogP contribution in [0.15, 0.2) is 24.4 Å². The second kappa shape index (κ2) is 14.2. The van der Waals surface area contributed by atoms with Gasteiger partial charge in [-0.25, -0.2) is 18.9 Å². The summed E-state index contributed by atoms with van der Waals surface area (Å²) in [6.45, 7) is 5.88. The van der Waals surface area contributed by atoms with Crippen LogP contribution in [-0.4, -0.2) is 88.9 Å². The molecule has 0 radical (unpaired) electrons. The zero-order valence-corrected chi connectivity index (χ0v) is 25.6. The molecule has 1 aromatic carbocycles. The fourth-order valence-corrected chi connectivity index (χ4v) is 6.89. The summed E-state index contributed by atoms with van der Waals surface area (Å²) in [5, 5.41) is 0.408. The van der Waals surface area contributed by atoms with Crippen molar-refractivity contribution < 1.29 is 13.7 Å². The zero-order chi connectivity index (χ0) is 28.8. The van der Waals surface area contributed by atoms with E-state index in [0.717, 1.165) is 56.4 Å². The Hall–Kier alpha value is -2.44. The number of nitrogens with two attached hydrogens (primary N) is 1. The summed E-state index contributed by atoms with van der Waals surface area (Å²) in [7, 11) is 0.867. The van der Waals surface area contributed by atoms with Crippen LogP contribution in [0.4, 0.5) is 11.4 Å². The fraction of sp³-hybridized carbons (Fsp3) is 0.586. The maximum Gasteiger partial charge on any atom is 0.180 e. The van der Waals surface area contributed by atoms with Gasteiger partial charge in [-0.3, -0.25) is 4.90 Å². The molecule has 3 aromatic rings. The van der Waals surface area contributed by atoms with Crippen molar-refractivity contribution in [2.75, 3.05) is 63.4 Å². The molecular formula is C29H42ClN7O3S. The number of H-pyrrole nitrogens is 1. The van der Waals surface area contributed by atoms with E-state index in [1.54, 1.807) is 13.4 Å². The molecule has 2 aromatic heterocycles. The third-order valence-electron chi connectivity index (χ3n) is 8.28. The van der Waals surface area contributed by atoms with E-state index in [1.807, 2.05) is 6.07 Å². The van der Waals surface area contributed by atoms with E-state index in [1.165, 1.54) is 51.1 Å². The highest BCUT2D eigenvalue weighted by Crippen LogP contribution is 2.35. The van der Waals surface area contributed by atoms with Crippen molar-refractivity contribution in [1.29, 1.82) is 0 Å². The number of ether oxygens (including phenoxy) is 2. The van der Waals surface area contributed by atoms with Gasteiger partial charge in [0.2, 0.25) is 0 Å². The number of fused-ring (bicyclic) bond motifs is 1. The maximum atomic E-state index is 10.7. The number of pyridine rings is 1. The number of imidazole rings is 1. The first kappa shape index (κ1) is 30.0. The minimum absolute atomic E-state index is 0.408. The Labute approximate surface area is 249 Å². The van der Waals surface area contributed by atoms with Crippen molar-refractivity contribution in [1.82, 2.24) is 24.6 Å². The van der Waals surface area contributed by atoms with E-state index < -0.39 is 11.0 Å².